The first-order valence-electron chi connectivity index (χ1n) is 40.3. The van der Waals surface area contributed by atoms with Gasteiger partial charge in [-0.1, -0.05) is 255 Å². The molecular weight excluding hydrogens is 1590 g/mol. The van der Waals surface area contributed by atoms with Crippen LogP contribution in [0.3, 0.4) is 0 Å². The molecule has 0 aliphatic heterocycles. The Kier molecular flexibility index (Phi) is 19.1. The molecule has 6 aromatic heterocycles. The van der Waals surface area contributed by atoms with E-state index in [4.69, 9.17) is 59.8 Å². The Balaban J connectivity index is 0.826. The lowest BCUT2D eigenvalue weighted by Crippen LogP contribution is -2.12. The SMILES string of the molecule is N#Cc1ccc(-n2c3ccc(-c4nc(-c5ccccc5)nc(-c5ccccc5)n4)cc3c3cc(-c4nc(-c5ccccc5)nc(-c5ccccc5)n4)ccc32)c(-c2cc(-n3c4ccc(-c5nc(-c6ccccc6)nc(-c6ccccc6)n5)cc4c4cc(-c5nc(-c6ccccc6)nc(-c6ccccc6)n5)ccc43)ccc2-c2ccc(C(F)(F)F)cc2C(F)(F)F)c1. The third-order valence-corrected chi connectivity index (χ3v) is 22.2. The number of halogens is 6. The fraction of sp³-hybridized carbons (Fsp3) is 0.0190. The molecule has 21 rings (SSSR count). The van der Waals surface area contributed by atoms with Gasteiger partial charge in [-0.2, -0.15) is 31.6 Å². The highest BCUT2D eigenvalue weighted by molar-refractivity contribution is 6.14. The maximum atomic E-state index is 16.3. The fourth-order valence-corrected chi connectivity index (χ4v) is 16.2. The predicted molar refractivity (Wildman–Crippen MR) is 479 cm³/mol. The van der Waals surface area contributed by atoms with Crippen molar-refractivity contribution in [3.05, 3.63) is 387 Å². The molecule has 21 heteroatoms. The summed E-state index contributed by atoms with van der Waals surface area (Å²) in [6, 6.07) is 114. The number of nitriles is 1. The maximum Gasteiger partial charge on any atom is 0.417 e. The molecule has 0 aliphatic rings. The van der Waals surface area contributed by atoms with Crippen LogP contribution in [-0.4, -0.2) is 68.9 Å². The summed E-state index contributed by atoms with van der Waals surface area (Å²) in [6.07, 6.45) is -10.5. The average Bonchev–Trinajstić information content (AvgIpc) is 1.57. The Bertz CT molecular complexity index is 7250. The first-order chi connectivity index (χ1) is 61.6. The van der Waals surface area contributed by atoms with Gasteiger partial charge in [0, 0.05) is 99.6 Å². The van der Waals surface area contributed by atoms with Gasteiger partial charge in [-0.3, -0.25) is 0 Å². The highest BCUT2D eigenvalue weighted by Crippen LogP contribution is 2.49. The van der Waals surface area contributed by atoms with Crippen molar-refractivity contribution in [3.63, 3.8) is 0 Å². The number of fused-ring (bicyclic) bond motifs is 6. The summed E-state index contributed by atoms with van der Waals surface area (Å²) in [5.74, 6) is 4.78. The first kappa shape index (κ1) is 76.4. The van der Waals surface area contributed by atoms with Gasteiger partial charge in [0.2, 0.25) is 0 Å². The Labute approximate surface area is 715 Å². The molecule has 126 heavy (non-hydrogen) atoms. The molecule has 0 spiro atoms. The zero-order chi connectivity index (χ0) is 85.2. The average molecular weight is 1650 g/mol. The second-order valence-corrected chi connectivity index (χ2v) is 30.1. The van der Waals surface area contributed by atoms with E-state index in [1.165, 1.54) is 6.07 Å². The number of hydrogen-bond acceptors (Lipinski definition) is 13. The highest BCUT2D eigenvalue weighted by Gasteiger charge is 2.39. The monoisotopic (exact) mass is 1650 g/mol. The van der Waals surface area contributed by atoms with Crippen LogP contribution in [0.2, 0.25) is 0 Å². The van der Waals surface area contributed by atoms with Crippen LogP contribution < -0.4 is 0 Å². The van der Waals surface area contributed by atoms with E-state index in [1.54, 1.807) is 30.3 Å². The molecule has 0 atom stereocenters. The molecule has 15 aromatic carbocycles. The highest BCUT2D eigenvalue weighted by atomic mass is 19.4. The van der Waals surface area contributed by atoms with Crippen LogP contribution >= 0.6 is 0 Å². The van der Waals surface area contributed by atoms with Crippen molar-refractivity contribution in [1.82, 2.24) is 68.9 Å². The standard InChI is InChI=1S/C105H61F6N15/c106-104(107,108)76-46-48-79(86(60-76)105(109,110)111)78-49-47-77(125-87-51-42-72(100-117-92(64-25-9-1-10-26-64)113-93(118-100)65-27-11-2-12-28-65)56-82(87)83-57-73(43-52-88(83)125)101-119-94(66-29-13-3-14-30-66)114-95(120-101)67-31-15-4-16-32-67)61-80(78)81-55-63(62-112)41-50-89(81)126-90-53-44-74(102-121-96(68-33-17-5-18-34-68)115-97(122-102)69-35-19-6-20-36-69)58-84(90)85-59-75(45-54-91(85)126)103-123-98(70-37-21-7-22-38-70)116-99(124-103)71-39-23-8-24-40-71/h1-61H. The van der Waals surface area contributed by atoms with Crippen LogP contribution in [-0.2, 0) is 12.4 Å². The third-order valence-electron chi connectivity index (χ3n) is 22.2. The summed E-state index contributed by atoms with van der Waals surface area (Å²) in [5.41, 5.74) is 8.27. The van der Waals surface area contributed by atoms with Crippen LogP contribution in [0.1, 0.15) is 16.7 Å². The van der Waals surface area contributed by atoms with Gasteiger partial charge in [-0.25, -0.2) is 59.8 Å². The van der Waals surface area contributed by atoms with Crippen LogP contribution in [0.4, 0.5) is 26.3 Å². The molecule has 0 N–H and O–H groups in total. The van der Waals surface area contributed by atoms with Crippen molar-refractivity contribution in [2.24, 2.45) is 0 Å². The largest absolute Gasteiger partial charge is 0.417 e. The summed E-state index contributed by atoms with van der Waals surface area (Å²) < 4.78 is 97.8. The van der Waals surface area contributed by atoms with Crippen molar-refractivity contribution in [1.29, 1.82) is 5.26 Å². The van der Waals surface area contributed by atoms with Gasteiger partial charge < -0.3 is 9.13 Å². The molecule has 0 radical (unpaired) electrons. The molecule has 0 aliphatic carbocycles. The van der Waals surface area contributed by atoms with E-state index in [0.717, 1.165) is 50.6 Å². The Hall–Kier alpha value is -17.0. The van der Waals surface area contributed by atoms with Crippen molar-refractivity contribution >= 4 is 43.6 Å². The molecule has 0 bridgehead atoms. The van der Waals surface area contributed by atoms with E-state index in [2.05, 4.69) is 6.07 Å². The van der Waals surface area contributed by atoms with Crippen molar-refractivity contribution in [3.8, 4) is 176 Å². The van der Waals surface area contributed by atoms with Crippen LogP contribution in [0.25, 0.3) is 214 Å². The maximum absolute atomic E-state index is 16.3. The second kappa shape index (κ2) is 31.5. The fourth-order valence-electron chi connectivity index (χ4n) is 16.2. The summed E-state index contributed by atoms with van der Waals surface area (Å²) in [4.78, 5) is 61.3. The number of rotatable bonds is 16. The van der Waals surface area contributed by atoms with Gasteiger partial charge in [-0.15, -0.1) is 0 Å². The van der Waals surface area contributed by atoms with E-state index >= 15 is 13.2 Å². The molecule has 0 amide bonds. The van der Waals surface area contributed by atoms with Crippen molar-refractivity contribution in [2.75, 3.05) is 0 Å². The Morgan fingerprint density at radius 2 is 0.484 bits per heavy atom. The first-order valence-corrected chi connectivity index (χ1v) is 40.3. The van der Waals surface area contributed by atoms with Gasteiger partial charge in [0.15, 0.2) is 69.9 Å². The van der Waals surface area contributed by atoms with Crippen molar-refractivity contribution in [2.45, 2.75) is 12.4 Å². The van der Waals surface area contributed by atoms with Crippen LogP contribution in [0.15, 0.2) is 370 Å². The van der Waals surface area contributed by atoms with E-state index < -0.39 is 29.0 Å². The summed E-state index contributed by atoms with van der Waals surface area (Å²) in [5, 5.41) is 13.9. The molecular formula is C105H61F6N15. The number of benzene rings is 15. The Morgan fingerprint density at radius 3 is 0.754 bits per heavy atom. The molecule has 0 saturated heterocycles. The molecule has 0 saturated carbocycles. The summed E-state index contributed by atoms with van der Waals surface area (Å²) >= 11 is 0. The molecule has 21 aromatic rings. The quantitative estimate of drug-likeness (QED) is 0.0832. The second-order valence-electron chi connectivity index (χ2n) is 30.1. The van der Waals surface area contributed by atoms with E-state index in [9.17, 15) is 18.4 Å². The summed E-state index contributed by atoms with van der Waals surface area (Å²) in [6.45, 7) is 0. The van der Waals surface area contributed by atoms with Crippen LogP contribution in [0, 0.1) is 11.3 Å². The van der Waals surface area contributed by atoms with Gasteiger partial charge in [-0.05, 0) is 132 Å². The smallest absolute Gasteiger partial charge is 0.309 e. The molecule has 0 unspecified atom stereocenters. The number of alkyl halides is 6. The normalized spacial score (nSPS) is 11.7. The Morgan fingerprint density at radius 1 is 0.214 bits per heavy atom. The van der Waals surface area contributed by atoms with E-state index in [1.807, 2.05) is 325 Å². The van der Waals surface area contributed by atoms with Crippen LogP contribution in [0.5, 0.6) is 0 Å². The molecule has 598 valence electrons. The van der Waals surface area contributed by atoms with Gasteiger partial charge in [0.05, 0.1) is 50.5 Å². The molecule has 15 nitrogen and oxygen atoms in total. The van der Waals surface area contributed by atoms with Crippen molar-refractivity contribution < 1.29 is 26.3 Å². The minimum absolute atomic E-state index is 0.106. The number of aromatic nitrogens is 14. The lowest BCUT2D eigenvalue weighted by atomic mass is 9.88. The van der Waals surface area contributed by atoms with Gasteiger partial charge in [0.1, 0.15) is 0 Å². The van der Waals surface area contributed by atoms with Gasteiger partial charge in [0.25, 0.3) is 0 Å². The minimum atomic E-state index is -5.34. The minimum Gasteiger partial charge on any atom is -0.309 e. The van der Waals surface area contributed by atoms with E-state index in [0.29, 0.717) is 153 Å². The topological polar surface area (TPSA) is 188 Å². The lowest BCUT2D eigenvalue weighted by Gasteiger charge is -2.22. The zero-order valence-electron chi connectivity index (χ0n) is 66.2. The molecule has 6 heterocycles. The molecule has 0 fully saturated rings. The number of hydrogen-bond donors (Lipinski definition) is 0. The predicted octanol–water partition coefficient (Wildman–Crippen LogP) is 25.9. The zero-order valence-corrected chi connectivity index (χ0v) is 66.2. The van der Waals surface area contributed by atoms with E-state index in [-0.39, 0.29) is 28.3 Å². The van der Waals surface area contributed by atoms with Gasteiger partial charge >= 0.3 is 12.4 Å². The summed E-state index contributed by atoms with van der Waals surface area (Å²) in [7, 11) is 0. The third kappa shape index (κ3) is 14.5. The lowest BCUT2D eigenvalue weighted by molar-refractivity contribution is -0.142. The number of nitrogens with zero attached hydrogens (tertiary/aromatic N) is 15.